The Labute approximate surface area is 107 Å². The van der Waals surface area contributed by atoms with Crippen molar-refractivity contribution < 1.29 is 4.92 Å². The number of rotatable bonds is 5. The first-order valence-corrected chi connectivity index (χ1v) is 5.76. The fraction of sp³-hybridized carbons (Fsp3) is 0.462. The van der Waals surface area contributed by atoms with Gasteiger partial charge in [-0.05, 0) is 26.5 Å². The van der Waals surface area contributed by atoms with Gasteiger partial charge in [-0.15, -0.1) is 0 Å². The lowest BCUT2D eigenvalue weighted by molar-refractivity contribution is -0.385. The van der Waals surface area contributed by atoms with E-state index in [9.17, 15) is 10.1 Å². The number of hydrogen-bond acceptors (Lipinski definition) is 4. The van der Waals surface area contributed by atoms with E-state index in [1.165, 1.54) is 6.07 Å². The van der Waals surface area contributed by atoms with Crippen molar-refractivity contribution in [3.63, 3.8) is 0 Å². The molecule has 18 heavy (non-hydrogen) atoms. The second kappa shape index (κ2) is 6.12. The summed E-state index contributed by atoms with van der Waals surface area (Å²) in [5, 5.41) is 19.6. The molecule has 0 aliphatic rings. The van der Waals surface area contributed by atoms with E-state index in [4.69, 9.17) is 5.26 Å². The van der Waals surface area contributed by atoms with Crippen LogP contribution in [0.4, 0.5) is 5.69 Å². The molecule has 0 N–H and O–H groups in total. The molecular formula is C13H17N3O2. The molecular weight excluding hydrogens is 230 g/mol. The van der Waals surface area contributed by atoms with Gasteiger partial charge in [-0.25, -0.2) is 0 Å². The van der Waals surface area contributed by atoms with Crippen LogP contribution in [0.2, 0.25) is 0 Å². The van der Waals surface area contributed by atoms with E-state index in [0.29, 0.717) is 18.7 Å². The Bertz CT molecular complexity index is 480. The van der Waals surface area contributed by atoms with Crippen molar-refractivity contribution in [1.82, 2.24) is 4.90 Å². The summed E-state index contributed by atoms with van der Waals surface area (Å²) in [7, 11) is 1.91. The predicted molar refractivity (Wildman–Crippen MR) is 68.9 cm³/mol. The van der Waals surface area contributed by atoms with Gasteiger partial charge < -0.3 is 4.90 Å². The molecule has 5 heteroatoms. The summed E-state index contributed by atoms with van der Waals surface area (Å²) < 4.78 is 0. The monoisotopic (exact) mass is 247 g/mol. The largest absolute Gasteiger partial charge is 0.301 e. The highest BCUT2D eigenvalue weighted by molar-refractivity contribution is 5.44. The minimum Gasteiger partial charge on any atom is -0.301 e. The molecule has 0 amide bonds. The third kappa shape index (κ3) is 3.54. The molecule has 1 atom stereocenters. The molecule has 0 bridgehead atoms. The summed E-state index contributed by atoms with van der Waals surface area (Å²) in [6.45, 7) is 4.88. The summed E-state index contributed by atoms with van der Waals surface area (Å²) in [5.74, 6) is -0.0472. The molecule has 0 saturated carbocycles. The normalized spacial score (nSPS) is 12.2. The predicted octanol–water partition coefficient (Wildman–Crippen LogP) is 2.49. The molecule has 0 radical (unpaired) electrons. The van der Waals surface area contributed by atoms with Crippen LogP contribution in [0.3, 0.4) is 0 Å². The van der Waals surface area contributed by atoms with E-state index in [-0.39, 0.29) is 16.5 Å². The molecule has 0 aromatic heterocycles. The van der Waals surface area contributed by atoms with E-state index < -0.39 is 0 Å². The highest BCUT2D eigenvalue weighted by atomic mass is 16.6. The summed E-state index contributed by atoms with van der Waals surface area (Å²) in [4.78, 5) is 12.5. The van der Waals surface area contributed by atoms with Crippen molar-refractivity contribution in [2.75, 3.05) is 13.6 Å². The van der Waals surface area contributed by atoms with Gasteiger partial charge in [0.05, 0.1) is 16.9 Å². The molecule has 0 spiro atoms. The number of hydrogen-bond donors (Lipinski definition) is 0. The Morgan fingerprint density at radius 1 is 1.56 bits per heavy atom. The van der Waals surface area contributed by atoms with Crippen molar-refractivity contribution in [3.05, 3.63) is 39.4 Å². The molecule has 0 aliphatic carbocycles. The second-order valence-corrected chi connectivity index (χ2v) is 4.55. The zero-order chi connectivity index (χ0) is 13.7. The van der Waals surface area contributed by atoms with Crippen molar-refractivity contribution in [2.24, 2.45) is 5.92 Å². The fourth-order valence-corrected chi connectivity index (χ4v) is 1.90. The van der Waals surface area contributed by atoms with Gasteiger partial charge in [0.2, 0.25) is 0 Å². The SMILES string of the molecule is Cc1c(CN(C)CC(C)C#N)cccc1[N+](=O)[O-]. The van der Waals surface area contributed by atoms with Crippen LogP contribution in [0.1, 0.15) is 18.1 Å². The summed E-state index contributed by atoms with van der Waals surface area (Å²) >= 11 is 0. The maximum Gasteiger partial charge on any atom is 0.272 e. The topological polar surface area (TPSA) is 70.2 Å². The van der Waals surface area contributed by atoms with Crippen LogP contribution >= 0.6 is 0 Å². The molecule has 0 saturated heterocycles. The first-order chi connectivity index (χ1) is 8.45. The van der Waals surface area contributed by atoms with Crippen LogP contribution < -0.4 is 0 Å². The first kappa shape index (κ1) is 14.1. The Morgan fingerprint density at radius 3 is 2.78 bits per heavy atom. The van der Waals surface area contributed by atoms with Crippen LogP contribution in [0, 0.1) is 34.3 Å². The average Bonchev–Trinajstić information content (AvgIpc) is 2.31. The lowest BCUT2D eigenvalue weighted by Gasteiger charge is -2.18. The van der Waals surface area contributed by atoms with Gasteiger partial charge in [-0.1, -0.05) is 12.1 Å². The Morgan fingerprint density at radius 2 is 2.22 bits per heavy atom. The summed E-state index contributed by atoms with van der Waals surface area (Å²) in [5.41, 5.74) is 1.77. The highest BCUT2D eigenvalue weighted by Crippen LogP contribution is 2.22. The van der Waals surface area contributed by atoms with Crippen molar-refractivity contribution >= 4 is 5.69 Å². The highest BCUT2D eigenvalue weighted by Gasteiger charge is 2.14. The van der Waals surface area contributed by atoms with Gasteiger partial charge in [0.15, 0.2) is 0 Å². The molecule has 0 aliphatic heterocycles. The van der Waals surface area contributed by atoms with Gasteiger partial charge in [0.1, 0.15) is 0 Å². The smallest absolute Gasteiger partial charge is 0.272 e. The van der Waals surface area contributed by atoms with Crippen LogP contribution in [0.5, 0.6) is 0 Å². The molecule has 96 valence electrons. The molecule has 1 aromatic carbocycles. The van der Waals surface area contributed by atoms with Gasteiger partial charge in [0.25, 0.3) is 5.69 Å². The van der Waals surface area contributed by atoms with E-state index in [1.807, 2.05) is 24.9 Å². The average molecular weight is 247 g/mol. The third-order valence-electron chi connectivity index (χ3n) is 2.86. The van der Waals surface area contributed by atoms with E-state index in [1.54, 1.807) is 13.0 Å². The van der Waals surface area contributed by atoms with Crippen LogP contribution in [-0.2, 0) is 6.54 Å². The van der Waals surface area contributed by atoms with Crippen molar-refractivity contribution in [2.45, 2.75) is 20.4 Å². The summed E-state index contributed by atoms with van der Waals surface area (Å²) in [6, 6.07) is 7.27. The molecule has 0 heterocycles. The van der Waals surface area contributed by atoms with E-state index in [2.05, 4.69) is 6.07 Å². The minimum absolute atomic E-state index is 0.0472. The fourth-order valence-electron chi connectivity index (χ4n) is 1.90. The van der Waals surface area contributed by atoms with Gasteiger partial charge >= 0.3 is 0 Å². The third-order valence-corrected chi connectivity index (χ3v) is 2.86. The van der Waals surface area contributed by atoms with Crippen molar-refractivity contribution in [3.8, 4) is 6.07 Å². The number of nitro benzene ring substituents is 1. The van der Waals surface area contributed by atoms with Crippen LogP contribution in [0.25, 0.3) is 0 Å². The van der Waals surface area contributed by atoms with E-state index >= 15 is 0 Å². The number of nitro groups is 1. The van der Waals surface area contributed by atoms with Crippen molar-refractivity contribution in [1.29, 1.82) is 5.26 Å². The molecule has 0 fully saturated rings. The molecule has 1 aromatic rings. The maximum absolute atomic E-state index is 10.8. The van der Waals surface area contributed by atoms with Gasteiger partial charge in [0, 0.05) is 24.7 Å². The standard InChI is InChI=1S/C13H17N3O2/c1-10(7-14)8-15(3)9-12-5-4-6-13(11(12)2)16(17)18/h4-6,10H,8-9H2,1-3H3. The first-order valence-electron chi connectivity index (χ1n) is 5.76. The molecule has 1 unspecified atom stereocenters. The van der Waals surface area contributed by atoms with E-state index in [0.717, 1.165) is 5.56 Å². The number of nitrogens with zero attached hydrogens (tertiary/aromatic N) is 3. The second-order valence-electron chi connectivity index (χ2n) is 4.55. The van der Waals surface area contributed by atoms with Gasteiger partial charge in [-0.3, -0.25) is 10.1 Å². The zero-order valence-electron chi connectivity index (χ0n) is 10.9. The Balaban J connectivity index is 2.83. The zero-order valence-corrected chi connectivity index (χ0v) is 10.9. The Hall–Kier alpha value is -1.93. The minimum atomic E-state index is -0.364. The van der Waals surface area contributed by atoms with Gasteiger partial charge in [-0.2, -0.15) is 5.26 Å². The molecule has 1 rings (SSSR count). The quantitative estimate of drug-likeness (QED) is 0.592. The van der Waals surface area contributed by atoms with Crippen LogP contribution in [-0.4, -0.2) is 23.4 Å². The summed E-state index contributed by atoms with van der Waals surface area (Å²) in [6.07, 6.45) is 0. The molecule has 5 nitrogen and oxygen atoms in total. The van der Waals surface area contributed by atoms with Crippen LogP contribution in [0.15, 0.2) is 18.2 Å². The Kier molecular flexibility index (Phi) is 4.81. The lowest BCUT2D eigenvalue weighted by Crippen LogP contribution is -2.23. The lowest BCUT2D eigenvalue weighted by atomic mass is 10.1. The number of benzene rings is 1. The maximum atomic E-state index is 10.8. The number of nitriles is 1.